The zero-order chi connectivity index (χ0) is 6.97. The molecular weight excluding hydrogens is 130 g/mol. The molecule has 4 heteroatoms. The van der Waals surface area contributed by atoms with Crippen LogP contribution in [0.15, 0.2) is 29.5 Å². The van der Waals surface area contributed by atoms with Gasteiger partial charge in [-0.1, -0.05) is 12.2 Å². The minimum atomic E-state index is -0.134. The molecule has 4 nitrogen and oxygen atoms in total. The van der Waals surface area contributed by atoms with Crippen LogP contribution in [0.3, 0.4) is 0 Å². The summed E-state index contributed by atoms with van der Waals surface area (Å²) in [6.45, 7) is 0. The average molecular weight is 137 g/mol. The lowest BCUT2D eigenvalue weighted by molar-refractivity contribution is -0.542. The van der Waals surface area contributed by atoms with E-state index in [1.807, 2.05) is 24.3 Å². The zero-order valence-corrected chi connectivity index (χ0v) is 5.27. The molecule has 1 N–H and O–H groups in total. The van der Waals surface area contributed by atoms with E-state index in [9.17, 15) is 5.21 Å². The molecule has 1 aliphatic carbocycles. The summed E-state index contributed by atoms with van der Waals surface area (Å²) in [4.78, 5) is 0.685. The van der Waals surface area contributed by atoms with Crippen molar-refractivity contribution in [2.24, 2.45) is 5.22 Å². The van der Waals surface area contributed by atoms with Gasteiger partial charge in [-0.15, -0.1) is 0 Å². The van der Waals surface area contributed by atoms with Gasteiger partial charge in [0, 0.05) is 0 Å². The summed E-state index contributed by atoms with van der Waals surface area (Å²) in [7, 11) is 0. The third-order valence-corrected chi connectivity index (χ3v) is 1.67. The van der Waals surface area contributed by atoms with Crippen LogP contribution in [0.2, 0.25) is 0 Å². The van der Waals surface area contributed by atoms with Crippen molar-refractivity contribution >= 4 is 0 Å². The number of rotatable bonds is 0. The Bertz CT molecular complexity index is 231. The lowest BCUT2D eigenvalue weighted by atomic mass is 10.1. The molecule has 0 aromatic rings. The lowest BCUT2D eigenvalue weighted by Gasteiger charge is -2.11. The van der Waals surface area contributed by atoms with Gasteiger partial charge in [0.05, 0.1) is 5.22 Å². The van der Waals surface area contributed by atoms with Crippen molar-refractivity contribution in [2.45, 2.75) is 12.1 Å². The molecule has 1 aliphatic heterocycles. The monoisotopic (exact) mass is 137 g/mol. The van der Waals surface area contributed by atoms with Gasteiger partial charge < -0.3 is 5.21 Å². The van der Waals surface area contributed by atoms with E-state index in [4.69, 9.17) is 0 Å². The fourth-order valence-corrected chi connectivity index (χ4v) is 1.12. The van der Waals surface area contributed by atoms with E-state index in [-0.39, 0.29) is 12.1 Å². The minimum absolute atomic E-state index is 0.0718. The summed E-state index contributed by atoms with van der Waals surface area (Å²) in [5, 5.41) is 14.3. The van der Waals surface area contributed by atoms with Crippen molar-refractivity contribution in [1.29, 1.82) is 0 Å². The molecule has 0 amide bonds. The highest BCUT2D eigenvalue weighted by Gasteiger charge is 2.31. The van der Waals surface area contributed by atoms with E-state index in [0.717, 1.165) is 0 Å². The smallest absolute Gasteiger partial charge is 0.185 e. The molecule has 0 fully saturated rings. The Kier molecular flexibility index (Phi) is 1.00. The van der Waals surface area contributed by atoms with Gasteiger partial charge in [0.25, 0.3) is 0 Å². The van der Waals surface area contributed by atoms with Crippen molar-refractivity contribution in [3.63, 3.8) is 0 Å². The second-order valence-corrected chi connectivity index (χ2v) is 2.32. The van der Waals surface area contributed by atoms with Crippen LogP contribution in [0, 0.1) is 5.21 Å². The van der Waals surface area contributed by atoms with Crippen molar-refractivity contribution in [2.75, 3.05) is 0 Å². The number of hydrogen-bond donors (Lipinski definition) is 1. The molecule has 2 unspecified atom stereocenters. The van der Waals surface area contributed by atoms with Crippen molar-refractivity contribution in [3.05, 3.63) is 29.5 Å². The minimum Gasteiger partial charge on any atom is -0.695 e. The van der Waals surface area contributed by atoms with E-state index in [0.29, 0.717) is 4.86 Å². The van der Waals surface area contributed by atoms with Crippen molar-refractivity contribution < 1.29 is 4.86 Å². The number of fused-ring (bicyclic) bond motifs is 1. The molecule has 1 heterocycles. The van der Waals surface area contributed by atoms with E-state index in [2.05, 4.69) is 10.6 Å². The maximum atomic E-state index is 10.8. The highest BCUT2D eigenvalue weighted by molar-refractivity contribution is 5.18. The van der Waals surface area contributed by atoms with Crippen LogP contribution >= 0.6 is 0 Å². The molecule has 0 radical (unpaired) electrons. The van der Waals surface area contributed by atoms with Crippen LogP contribution in [0.1, 0.15) is 0 Å². The van der Waals surface area contributed by atoms with Crippen LogP contribution in [0.25, 0.3) is 0 Å². The molecule has 0 aromatic heterocycles. The molecular formula is C6H7N3O. The number of hydrogen-bond acceptors (Lipinski definition) is 3. The summed E-state index contributed by atoms with van der Waals surface area (Å²) in [5.41, 5.74) is 2.71. The molecule has 0 saturated heterocycles. The first-order valence-electron chi connectivity index (χ1n) is 3.15. The van der Waals surface area contributed by atoms with Crippen molar-refractivity contribution in [3.8, 4) is 0 Å². The van der Waals surface area contributed by atoms with Crippen LogP contribution in [-0.4, -0.2) is 16.9 Å². The number of nitrogens with one attached hydrogen (secondary N) is 1. The summed E-state index contributed by atoms with van der Waals surface area (Å²) < 4.78 is 0. The number of allylic oxidation sites excluding steroid dienone is 2. The van der Waals surface area contributed by atoms with E-state index >= 15 is 0 Å². The lowest BCUT2D eigenvalue weighted by Crippen LogP contribution is -2.32. The largest absolute Gasteiger partial charge is 0.695 e. The maximum absolute atomic E-state index is 10.8. The van der Waals surface area contributed by atoms with Crippen LogP contribution in [0.4, 0.5) is 0 Å². The molecule has 52 valence electrons. The number of hydroxylamine groups is 1. The van der Waals surface area contributed by atoms with Gasteiger partial charge in [0.15, 0.2) is 12.1 Å². The molecule has 0 aromatic carbocycles. The number of nitrogens with zero attached hydrogens (tertiary/aromatic N) is 2. The average Bonchev–Trinajstić information content (AvgIpc) is 2.34. The second-order valence-electron chi connectivity index (χ2n) is 2.32. The van der Waals surface area contributed by atoms with Crippen molar-refractivity contribution in [1.82, 2.24) is 5.43 Å². The fraction of sp³-hybridized carbons (Fsp3) is 0.333. The Hall–Kier alpha value is -1.32. The van der Waals surface area contributed by atoms with E-state index < -0.39 is 0 Å². The van der Waals surface area contributed by atoms with Gasteiger partial charge in [-0.25, -0.2) is 0 Å². The topological polar surface area (TPSA) is 50.5 Å². The van der Waals surface area contributed by atoms with Gasteiger partial charge in [-0.2, -0.15) is 10.3 Å². The van der Waals surface area contributed by atoms with Gasteiger partial charge in [0.1, 0.15) is 0 Å². The Morgan fingerprint density at radius 1 is 1.40 bits per heavy atom. The summed E-state index contributed by atoms with van der Waals surface area (Å²) in [6, 6.07) is -0.0625. The predicted octanol–water partition coefficient (Wildman–Crippen LogP) is 0.330. The first-order chi connectivity index (χ1) is 4.88. The first-order valence-corrected chi connectivity index (χ1v) is 3.15. The molecule has 0 saturated carbocycles. The third kappa shape index (κ3) is 0.618. The quantitative estimate of drug-likeness (QED) is 0.386. The Balaban J connectivity index is 2.27. The Labute approximate surface area is 58.1 Å². The molecule has 0 spiro atoms. The Morgan fingerprint density at radius 2 is 2.20 bits per heavy atom. The highest BCUT2D eigenvalue weighted by Crippen LogP contribution is 2.12. The predicted molar refractivity (Wildman–Crippen MR) is 35.0 cm³/mol. The fourth-order valence-electron chi connectivity index (χ4n) is 1.12. The van der Waals surface area contributed by atoms with E-state index in [1.54, 1.807) is 0 Å². The highest BCUT2D eigenvalue weighted by atomic mass is 16.5. The van der Waals surface area contributed by atoms with Crippen LogP contribution in [0.5, 0.6) is 0 Å². The summed E-state index contributed by atoms with van der Waals surface area (Å²) in [5.74, 6) is 0. The van der Waals surface area contributed by atoms with Crippen LogP contribution < -0.4 is 5.43 Å². The molecule has 2 atom stereocenters. The molecule has 0 bridgehead atoms. The molecule has 10 heavy (non-hydrogen) atoms. The molecule has 2 rings (SSSR count). The zero-order valence-electron chi connectivity index (χ0n) is 5.27. The first kappa shape index (κ1) is 5.46. The van der Waals surface area contributed by atoms with Crippen LogP contribution in [-0.2, 0) is 0 Å². The van der Waals surface area contributed by atoms with Gasteiger partial charge in [-0.3, -0.25) is 0 Å². The maximum Gasteiger partial charge on any atom is 0.185 e. The SMILES string of the molecule is [O-][N+]1=NNC2C=CC=CC21. The summed E-state index contributed by atoms with van der Waals surface area (Å²) in [6.07, 6.45) is 7.52. The molecule has 2 aliphatic rings. The van der Waals surface area contributed by atoms with Gasteiger partial charge >= 0.3 is 0 Å². The standard InChI is InChI=1S/C6H7N3O/c10-9-6-4-2-1-3-5(6)7-8-9/h1-7H. The van der Waals surface area contributed by atoms with Gasteiger partial charge in [-0.05, 0) is 12.2 Å². The summed E-state index contributed by atoms with van der Waals surface area (Å²) >= 11 is 0. The second kappa shape index (κ2) is 1.83. The third-order valence-electron chi connectivity index (χ3n) is 1.67. The Morgan fingerprint density at radius 3 is 3.00 bits per heavy atom. The van der Waals surface area contributed by atoms with Gasteiger partial charge in [0.2, 0.25) is 0 Å². The normalized spacial score (nSPS) is 35.0. The van der Waals surface area contributed by atoms with E-state index in [1.165, 1.54) is 0 Å².